The molecule has 0 aliphatic carbocycles. The molecule has 1 fully saturated rings. The van der Waals surface area contributed by atoms with E-state index in [-0.39, 0.29) is 23.0 Å². The standard InChI is InChI=1S/C9H20N2O2S/c1-7(2)14(12,13)6-8-5-11-4-3-9(8)10/h7-9,11H,3-6,10H2,1-2H3/t8-,9-/m0/s1. The first kappa shape index (κ1) is 11.9. The number of nitrogens with two attached hydrogens (primary N) is 1. The molecule has 0 saturated carbocycles. The lowest BCUT2D eigenvalue weighted by atomic mass is 9.96. The second-order valence-electron chi connectivity index (χ2n) is 4.30. The number of piperidine rings is 1. The van der Waals surface area contributed by atoms with Gasteiger partial charge in [0.2, 0.25) is 0 Å². The van der Waals surface area contributed by atoms with Gasteiger partial charge < -0.3 is 11.1 Å². The zero-order valence-electron chi connectivity index (χ0n) is 8.86. The third-order valence-electron chi connectivity index (χ3n) is 2.83. The molecule has 0 radical (unpaired) electrons. The minimum absolute atomic E-state index is 0.0322. The molecule has 0 bridgehead atoms. The van der Waals surface area contributed by atoms with E-state index in [9.17, 15) is 8.42 Å². The van der Waals surface area contributed by atoms with Crippen LogP contribution in [0.4, 0.5) is 0 Å². The summed E-state index contributed by atoms with van der Waals surface area (Å²) in [5.41, 5.74) is 5.88. The van der Waals surface area contributed by atoms with Crippen LogP contribution in [0.2, 0.25) is 0 Å². The Balaban J connectivity index is 2.58. The molecule has 0 aromatic carbocycles. The van der Waals surface area contributed by atoms with Crippen LogP contribution in [-0.4, -0.2) is 38.6 Å². The minimum Gasteiger partial charge on any atom is -0.327 e. The Kier molecular flexibility index (Phi) is 3.92. The highest BCUT2D eigenvalue weighted by molar-refractivity contribution is 7.91. The van der Waals surface area contributed by atoms with Gasteiger partial charge in [-0.25, -0.2) is 8.42 Å². The van der Waals surface area contributed by atoms with Gasteiger partial charge in [-0.15, -0.1) is 0 Å². The number of nitrogens with one attached hydrogen (secondary N) is 1. The van der Waals surface area contributed by atoms with Crippen molar-refractivity contribution in [2.75, 3.05) is 18.8 Å². The fourth-order valence-electron chi connectivity index (χ4n) is 1.62. The second-order valence-corrected chi connectivity index (χ2v) is 6.90. The predicted octanol–water partition coefficient (Wildman–Crippen LogP) is -0.254. The molecule has 0 unspecified atom stereocenters. The largest absolute Gasteiger partial charge is 0.327 e. The maximum atomic E-state index is 11.7. The van der Waals surface area contributed by atoms with Crippen molar-refractivity contribution in [3.63, 3.8) is 0 Å². The summed E-state index contributed by atoms with van der Waals surface area (Å²) >= 11 is 0. The molecule has 0 aromatic rings. The average Bonchev–Trinajstić information content (AvgIpc) is 2.08. The van der Waals surface area contributed by atoms with E-state index in [2.05, 4.69) is 5.32 Å². The molecule has 5 heteroatoms. The normalized spacial score (nSPS) is 29.4. The highest BCUT2D eigenvalue weighted by Crippen LogP contribution is 2.14. The van der Waals surface area contributed by atoms with Gasteiger partial charge in [0.05, 0.1) is 11.0 Å². The zero-order valence-corrected chi connectivity index (χ0v) is 9.68. The Labute approximate surface area is 86.2 Å². The Morgan fingerprint density at radius 2 is 2.14 bits per heavy atom. The zero-order chi connectivity index (χ0) is 10.8. The van der Waals surface area contributed by atoms with E-state index in [0.29, 0.717) is 0 Å². The fraction of sp³-hybridized carbons (Fsp3) is 1.00. The molecule has 1 heterocycles. The van der Waals surface area contributed by atoms with Crippen LogP contribution in [0.5, 0.6) is 0 Å². The van der Waals surface area contributed by atoms with Crippen molar-refractivity contribution < 1.29 is 8.42 Å². The van der Waals surface area contributed by atoms with Gasteiger partial charge in [-0.1, -0.05) is 0 Å². The van der Waals surface area contributed by atoms with Crippen LogP contribution in [0.15, 0.2) is 0 Å². The summed E-state index contributed by atoms with van der Waals surface area (Å²) in [5, 5.41) is 2.89. The maximum absolute atomic E-state index is 11.7. The Hall–Kier alpha value is -0.130. The number of rotatable bonds is 3. The van der Waals surface area contributed by atoms with Crippen LogP contribution in [-0.2, 0) is 9.84 Å². The topological polar surface area (TPSA) is 72.2 Å². The molecule has 4 nitrogen and oxygen atoms in total. The van der Waals surface area contributed by atoms with Crippen molar-refractivity contribution in [3.8, 4) is 0 Å². The molecule has 1 aliphatic rings. The van der Waals surface area contributed by atoms with E-state index in [1.54, 1.807) is 13.8 Å². The van der Waals surface area contributed by atoms with Crippen LogP contribution < -0.4 is 11.1 Å². The third kappa shape index (κ3) is 2.93. The van der Waals surface area contributed by atoms with Crippen molar-refractivity contribution in [1.82, 2.24) is 5.32 Å². The van der Waals surface area contributed by atoms with Gasteiger partial charge in [0.15, 0.2) is 9.84 Å². The molecule has 0 spiro atoms. The SMILES string of the molecule is CC(C)S(=O)(=O)C[C@@H]1CNCC[C@@H]1N. The van der Waals surface area contributed by atoms with Crippen LogP contribution in [0, 0.1) is 5.92 Å². The minimum atomic E-state index is -2.95. The molecule has 0 aromatic heterocycles. The first-order valence-electron chi connectivity index (χ1n) is 5.11. The summed E-state index contributed by atoms with van der Waals surface area (Å²) in [6, 6.07) is 0.0322. The fourth-order valence-corrected chi connectivity index (χ4v) is 2.96. The van der Waals surface area contributed by atoms with Crippen molar-refractivity contribution in [2.45, 2.75) is 31.6 Å². The quantitative estimate of drug-likeness (QED) is 0.688. The Morgan fingerprint density at radius 3 is 2.64 bits per heavy atom. The van der Waals surface area contributed by atoms with E-state index in [1.165, 1.54) is 0 Å². The Bertz CT molecular complexity index is 275. The Morgan fingerprint density at radius 1 is 1.50 bits per heavy atom. The van der Waals surface area contributed by atoms with E-state index < -0.39 is 9.84 Å². The first-order chi connectivity index (χ1) is 6.43. The van der Waals surface area contributed by atoms with Crippen molar-refractivity contribution in [1.29, 1.82) is 0 Å². The molecule has 3 N–H and O–H groups in total. The summed E-state index contributed by atoms with van der Waals surface area (Å²) in [4.78, 5) is 0. The van der Waals surface area contributed by atoms with Crippen molar-refractivity contribution in [2.24, 2.45) is 11.7 Å². The van der Waals surface area contributed by atoms with E-state index in [1.807, 2.05) is 0 Å². The number of hydrogen-bond acceptors (Lipinski definition) is 4. The van der Waals surface area contributed by atoms with Gasteiger partial charge in [-0.3, -0.25) is 0 Å². The van der Waals surface area contributed by atoms with E-state index in [0.717, 1.165) is 19.5 Å². The van der Waals surface area contributed by atoms with E-state index >= 15 is 0 Å². The summed E-state index contributed by atoms with van der Waals surface area (Å²) in [5.74, 6) is 0.301. The predicted molar refractivity (Wildman–Crippen MR) is 57.9 cm³/mol. The first-order valence-corrected chi connectivity index (χ1v) is 6.83. The van der Waals surface area contributed by atoms with Crippen LogP contribution in [0.3, 0.4) is 0 Å². The molecule has 84 valence electrons. The van der Waals surface area contributed by atoms with Crippen LogP contribution in [0.1, 0.15) is 20.3 Å². The summed E-state index contributed by atoms with van der Waals surface area (Å²) in [7, 11) is -2.95. The van der Waals surface area contributed by atoms with Gasteiger partial charge in [0.25, 0.3) is 0 Å². The summed E-state index contributed by atoms with van der Waals surface area (Å²) in [6.45, 7) is 5.07. The smallest absolute Gasteiger partial charge is 0.153 e. The molecule has 14 heavy (non-hydrogen) atoms. The van der Waals surface area contributed by atoms with Gasteiger partial charge in [-0.05, 0) is 26.8 Å². The molecule has 1 aliphatic heterocycles. The van der Waals surface area contributed by atoms with Crippen LogP contribution >= 0.6 is 0 Å². The van der Waals surface area contributed by atoms with Gasteiger partial charge in [0, 0.05) is 18.5 Å². The summed E-state index contributed by atoms with van der Waals surface area (Å²) in [6.07, 6.45) is 0.873. The molecular weight excluding hydrogens is 200 g/mol. The molecule has 1 rings (SSSR count). The lowest BCUT2D eigenvalue weighted by Gasteiger charge is -2.29. The van der Waals surface area contributed by atoms with Crippen molar-refractivity contribution in [3.05, 3.63) is 0 Å². The maximum Gasteiger partial charge on any atom is 0.153 e. The van der Waals surface area contributed by atoms with Gasteiger partial charge in [-0.2, -0.15) is 0 Å². The highest BCUT2D eigenvalue weighted by Gasteiger charge is 2.28. The molecule has 0 amide bonds. The number of sulfone groups is 1. The second kappa shape index (κ2) is 4.59. The highest BCUT2D eigenvalue weighted by atomic mass is 32.2. The van der Waals surface area contributed by atoms with Crippen molar-refractivity contribution >= 4 is 9.84 Å². The monoisotopic (exact) mass is 220 g/mol. The molecule has 1 saturated heterocycles. The van der Waals surface area contributed by atoms with Gasteiger partial charge >= 0.3 is 0 Å². The van der Waals surface area contributed by atoms with Crippen LogP contribution in [0.25, 0.3) is 0 Å². The third-order valence-corrected chi connectivity index (χ3v) is 5.16. The van der Waals surface area contributed by atoms with Gasteiger partial charge in [0.1, 0.15) is 0 Å². The molecular formula is C9H20N2O2S. The molecule has 2 atom stereocenters. The summed E-state index contributed by atoms with van der Waals surface area (Å²) < 4.78 is 23.3. The lowest BCUT2D eigenvalue weighted by Crippen LogP contribution is -2.48. The van der Waals surface area contributed by atoms with E-state index in [4.69, 9.17) is 5.73 Å². The average molecular weight is 220 g/mol. The number of hydrogen-bond donors (Lipinski definition) is 2. The lowest BCUT2D eigenvalue weighted by molar-refractivity contribution is 0.349.